The molecule has 1 aromatic carbocycles. The topological polar surface area (TPSA) is 52.1 Å². The molecule has 0 saturated carbocycles. The molecule has 19 heavy (non-hydrogen) atoms. The lowest BCUT2D eigenvalue weighted by molar-refractivity contribution is 0.430. The van der Waals surface area contributed by atoms with Crippen LogP contribution >= 0.6 is 0 Å². The van der Waals surface area contributed by atoms with Crippen LogP contribution in [0.5, 0.6) is 0 Å². The van der Waals surface area contributed by atoms with Crippen molar-refractivity contribution < 1.29 is 8.94 Å². The van der Waals surface area contributed by atoms with Gasteiger partial charge in [-0.3, -0.25) is 0 Å². The molecule has 0 fully saturated rings. The number of aromatic nitrogens is 2. The summed E-state index contributed by atoms with van der Waals surface area (Å²) in [6, 6.07) is 9.92. The Morgan fingerprint density at radius 1 is 1.00 bits per heavy atom. The summed E-state index contributed by atoms with van der Waals surface area (Å²) in [7, 11) is 0. The van der Waals surface area contributed by atoms with E-state index in [1.165, 1.54) is 5.56 Å². The third kappa shape index (κ3) is 2.17. The zero-order chi connectivity index (χ0) is 13.4. The summed E-state index contributed by atoms with van der Waals surface area (Å²) in [5, 5.41) is 4.02. The second-order valence-electron chi connectivity index (χ2n) is 4.62. The lowest BCUT2D eigenvalue weighted by Crippen LogP contribution is -1.81. The minimum absolute atomic E-state index is 0.491. The van der Waals surface area contributed by atoms with Crippen molar-refractivity contribution >= 4 is 0 Å². The first kappa shape index (κ1) is 11.7. The number of aryl methyl sites for hydroxylation is 3. The summed E-state index contributed by atoms with van der Waals surface area (Å²) in [4.78, 5) is 4.42. The summed E-state index contributed by atoms with van der Waals surface area (Å²) in [6.07, 6.45) is 0. The molecule has 4 heteroatoms. The third-order valence-corrected chi connectivity index (χ3v) is 3.01. The molecule has 0 aliphatic heterocycles. The maximum atomic E-state index is 5.47. The van der Waals surface area contributed by atoms with Gasteiger partial charge in [-0.15, -0.1) is 0 Å². The lowest BCUT2D eigenvalue weighted by Gasteiger charge is -1.94. The number of nitrogens with zero attached hydrogens (tertiary/aromatic N) is 2. The summed E-state index contributed by atoms with van der Waals surface area (Å²) in [6.45, 7) is 5.83. The number of hydrogen-bond acceptors (Lipinski definition) is 4. The maximum absolute atomic E-state index is 5.47. The van der Waals surface area contributed by atoms with Crippen LogP contribution in [0.4, 0.5) is 0 Å². The van der Waals surface area contributed by atoms with Gasteiger partial charge in [0.05, 0.1) is 5.56 Å². The zero-order valence-electron chi connectivity index (χ0n) is 11.1. The Hall–Kier alpha value is -2.36. The Bertz CT molecular complexity index is 708. The van der Waals surface area contributed by atoms with E-state index in [1.807, 2.05) is 51.1 Å². The van der Waals surface area contributed by atoms with E-state index in [2.05, 4.69) is 10.1 Å². The minimum atomic E-state index is 0.491. The van der Waals surface area contributed by atoms with Crippen molar-refractivity contribution in [3.63, 3.8) is 0 Å². The van der Waals surface area contributed by atoms with Gasteiger partial charge in [0.25, 0.3) is 5.89 Å². The van der Waals surface area contributed by atoms with E-state index in [0.717, 1.165) is 22.6 Å². The zero-order valence-corrected chi connectivity index (χ0v) is 11.1. The monoisotopic (exact) mass is 254 g/mol. The molecule has 0 unspecified atom stereocenters. The number of hydrogen-bond donors (Lipinski definition) is 0. The first-order valence-corrected chi connectivity index (χ1v) is 6.11. The predicted molar refractivity (Wildman–Crippen MR) is 71.6 cm³/mol. The van der Waals surface area contributed by atoms with Crippen LogP contribution in [0, 0.1) is 20.8 Å². The average Bonchev–Trinajstić information content (AvgIpc) is 2.97. The van der Waals surface area contributed by atoms with Gasteiger partial charge >= 0.3 is 0 Å². The highest BCUT2D eigenvalue weighted by molar-refractivity contribution is 5.61. The van der Waals surface area contributed by atoms with Crippen molar-refractivity contribution in [3.05, 3.63) is 47.4 Å². The molecule has 2 aromatic heterocycles. The molecule has 0 aliphatic carbocycles. The van der Waals surface area contributed by atoms with Crippen molar-refractivity contribution in [2.24, 2.45) is 0 Å². The average molecular weight is 254 g/mol. The second kappa shape index (κ2) is 4.39. The molecule has 96 valence electrons. The quantitative estimate of drug-likeness (QED) is 0.695. The molecule has 0 aliphatic rings. The van der Waals surface area contributed by atoms with Crippen molar-refractivity contribution in [1.29, 1.82) is 0 Å². The molecule has 0 atom stereocenters. The molecule has 0 bridgehead atoms. The summed E-state index contributed by atoms with van der Waals surface area (Å²) in [5.74, 6) is 2.71. The van der Waals surface area contributed by atoms with Crippen LogP contribution in [-0.2, 0) is 0 Å². The lowest BCUT2D eigenvalue weighted by atomic mass is 10.1. The van der Waals surface area contributed by atoms with Crippen LogP contribution < -0.4 is 0 Å². The van der Waals surface area contributed by atoms with Gasteiger partial charge in [0, 0.05) is 5.56 Å². The number of furan rings is 1. The van der Waals surface area contributed by atoms with Gasteiger partial charge in [-0.2, -0.15) is 4.98 Å². The molecule has 4 nitrogen and oxygen atoms in total. The molecule has 3 aromatic rings. The fraction of sp³-hybridized carbons (Fsp3) is 0.200. The Balaban J connectivity index is 1.99. The SMILES string of the molecule is Cc1ccc(-c2noc(-c3cc(C)oc3C)n2)cc1. The molecule has 0 radical (unpaired) electrons. The number of rotatable bonds is 2. The van der Waals surface area contributed by atoms with E-state index in [9.17, 15) is 0 Å². The van der Waals surface area contributed by atoms with E-state index >= 15 is 0 Å². The predicted octanol–water partition coefficient (Wildman–Crippen LogP) is 3.92. The molecule has 0 spiro atoms. The largest absolute Gasteiger partial charge is 0.466 e. The molecule has 0 amide bonds. The molecule has 0 N–H and O–H groups in total. The van der Waals surface area contributed by atoms with Gasteiger partial charge < -0.3 is 8.94 Å². The van der Waals surface area contributed by atoms with Gasteiger partial charge in [0.2, 0.25) is 5.82 Å². The van der Waals surface area contributed by atoms with Crippen LogP contribution in [0.15, 0.2) is 39.3 Å². The summed E-state index contributed by atoms with van der Waals surface area (Å²) < 4.78 is 10.8. The summed E-state index contributed by atoms with van der Waals surface area (Å²) >= 11 is 0. The van der Waals surface area contributed by atoms with E-state index < -0.39 is 0 Å². The van der Waals surface area contributed by atoms with Gasteiger partial charge in [-0.05, 0) is 26.8 Å². The third-order valence-electron chi connectivity index (χ3n) is 3.01. The van der Waals surface area contributed by atoms with Gasteiger partial charge in [0.1, 0.15) is 11.5 Å². The van der Waals surface area contributed by atoms with Crippen LogP contribution in [-0.4, -0.2) is 10.1 Å². The smallest absolute Gasteiger partial charge is 0.261 e. The molecule has 3 rings (SSSR count). The van der Waals surface area contributed by atoms with Crippen LogP contribution in [0.2, 0.25) is 0 Å². The first-order valence-electron chi connectivity index (χ1n) is 6.11. The van der Waals surface area contributed by atoms with Crippen LogP contribution in [0.25, 0.3) is 22.8 Å². The molecule has 0 saturated heterocycles. The number of benzene rings is 1. The highest BCUT2D eigenvalue weighted by atomic mass is 16.5. The van der Waals surface area contributed by atoms with Crippen molar-refractivity contribution in [1.82, 2.24) is 10.1 Å². The van der Waals surface area contributed by atoms with E-state index in [4.69, 9.17) is 8.94 Å². The van der Waals surface area contributed by atoms with Gasteiger partial charge in [-0.25, -0.2) is 0 Å². The minimum Gasteiger partial charge on any atom is -0.466 e. The highest BCUT2D eigenvalue weighted by Gasteiger charge is 2.15. The molecule has 2 heterocycles. The van der Waals surface area contributed by atoms with Gasteiger partial charge in [-0.1, -0.05) is 35.0 Å². The summed E-state index contributed by atoms with van der Waals surface area (Å²) in [5.41, 5.74) is 3.00. The fourth-order valence-corrected chi connectivity index (χ4v) is 2.00. The Morgan fingerprint density at radius 2 is 1.74 bits per heavy atom. The van der Waals surface area contributed by atoms with Crippen molar-refractivity contribution in [2.45, 2.75) is 20.8 Å². The van der Waals surface area contributed by atoms with Crippen LogP contribution in [0.1, 0.15) is 17.1 Å². The Kier molecular flexibility index (Phi) is 2.71. The second-order valence-corrected chi connectivity index (χ2v) is 4.62. The van der Waals surface area contributed by atoms with Crippen LogP contribution in [0.3, 0.4) is 0 Å². The van der Waals surface area contributed by atoms with E-state index in [1.54, 1.807) is 0 Å². The van der Waals surface area contributed by atoms with E-state index in [0.29, 0.717) is 11.7 Å². The van der Waals surface area contributed by atoms with Crippen molar-refractivity contribution in [3.8, 4) is 22.8 Å². The van der Waals surface area contributed by atoms with Gasteiger partial charge in [0.15, 0.2) is 0 Å². The Morgan fingerprint density at radius 3 is 2.37 bits per heavy atom. The standard InChI is InChI=1S/C15H14N2O2/c1-9-4-6-12(7-5-9)14-16-15(19-17-14)13-8-10(2)18-11(13)3/h4-8H,1-3H3. The normalized spacial score (nSPS) is 10.9. The molecular weight excluding hydrogens is 240 g/mol. The highest BCUT2D eigenvalue weighted by Crippen LogP contribution is 2.27. The van der Waals surface area contributed by atoms with E-state index in [-0.39, 0.29) is 0 Å². The first-order chi connectivity index (χ1) is 9.13. The Labute approximate surface area is 111 Å². The maximum Gasteiger partial charge on any atom is 0.261 e. The molecular formula is C15H14N2O2. The fourth-order valence-electron chi connectivity index (χ4n) is 2.00. The van der Waals surface area contributed by atoms with Crippen molar-refractivity contribution in [2.75, 3.05) is 0 Å².